The standard InChI is InChI=1S/C17H14O/c1-13-12-16-8-3-2-6-14(16)10-11-15-7-4-5-9-17(15)18-13/h2-10,12H,1,11H2/b14-10-,16-12-. The van der Waals surface area contributed by atoms with Crippen LogP contribution in [0.25, 0.3) is 12.2 Å². The third-order valence-electron chi connectivity index (χ3n) is 3.07. The van der Waals surface area contributed by atoms with E-state index in [2.05, 4.69) is 36.9 Å². The first-order chi connectivity index (χ1) is 8.83. The number of hydrogen-bond acceptors (Lipinski definition) is 1. The number of hydrogen-bond donors (Lipinski definition) is 0. The Hall–Kier alpha value is -2.28. The molecule has 0 N–H and O–H groups in total. The molecule has 88 valence electrons. The molecule has 0 aliphatic carbocycles. The zero-order valence-corrected chi connectivity index (χ0v) is 10.1. The van der Waals surface area contributed by atoms with Gasteiger partial charge in [-0.05, 0) is 34.6 Å². The van der Waals surface area contributed by atoms with E-state index in [0.717, 1.165) is 17.4 Å². The lowest BCUT2D eigenvalue weighted by molar-refractivity contribution is 0.451. The van der Waals surface area contributed by atoms with E-state index in [0.29, 0.717) is 5.76 Å². The maximum absolute atomic E-state index is 5.80. The summed E-state index contributed by atoms with van der Waals surface area (Å²) in [7, 11) is 0. The normalized spacial score (nSPS) is 17.4. The van der Waals surface area contributed by atoms with Crippen LogP contribution in [-0.4, -0.2) is 0 Å². The molecule has 1 aliphatic heterocycles. The number of allylic oxidation sites excluding steroid dienone is 1. The molecule has 1 heteroatoms. The fraction of sp³-hybridized carbons (Fsp3) is 0.0588. The number of ether oxygens (including phenoxy) is 1. The molecule has 0 radical (unpaired) electrons. The van der Waals surface area contributed by atoms with Crippen molar-refractivity contribution in [1.82, 2.24) is 0 Å². The van der Waals surface area contributed by atoms with Gasteiger partial charge in [-0.2, -0.15) is 0 Å². The van der Waals surface area contributed by atoms with Crippen molar-refractivity contribution in [1.29, 1.82) is 0 Å². The summed E-state index contributed by atoms with van der Waals surface area (Å²) in [5, 5.41) is 2.37. The van der Waals surface area contributed by atoms with Gasteiger partial charge in [0, 0.05) is 0 Å². The summed E-state index contributed by atoms with van der Waals surface area (Å²) in [5.74, 6) is 1.56. The Bertz CT molecular complexity index is 710. The lowest BCUT2D eigenvalue weighted by atomic mass is 10.1. The molecule has 0 atom stereocenters. The first kappa shape index (κ1) is 10.8. The third kappa shape index (κ3) is 2.07. The Labute approximate surface area is 106 Å². The van der Waals surface area contributed by atoms with E-state index in [1.165, 1.54) is 10.8 Å². The van der Waals surface area contributed by atoms with E-state index in [-0.39, 0.29) is 0 Å². The number of benzene rings is 2. The average Bonchev–Trinajstić information content (AvgIpc) is 2.45. The highest BCUT2D eigenvalue weighted by molar-refractivity contribution is 5.50. The molecule has 1 heterocycles. The Morgan fingerprint density at radius 1 is 0.889 bits per heavy atom. The van der Waals surface area contributed by atoms with Gasteiger partial charge in [0.2, 0.25) is 0 Å². The molecule has 0 unspecified atom stereocenters. The van der Waals surface area contributed by atoms with Gasteiger partial charge in [0.05, 0.1) is 0 Å². The molecule has 0 bridgehead atoms. The highest BCUT2D eigenvalue weighted by atomic mass is 16.5. The zero-order valence-electron chi connectivity index (χ0n) is 10.1. The highest BCUT2D eigenvalue weighted by Crippen LogP contribution is 2.21. The molecule has 18 heavy (non-hydrogen) atoms. The lowest BCUT2D eigenvalue weighted by Gasteiger charge is -2.08. The van der Waals surface area contributed by atoms with Crippen LogP contribution in [0.1, 0.15) is 5.56 Å². The van der Waals surface area contributed by atoms with Gasteiger partial charge < -0.3 is 4.74 Å². The quantitative estimate of drug-likeness (QED) is 0.680. The van der Waals surface area contributed by atoms with Gasteiger partial charge in [0.1, 0.15) is 11.5 Å². The first-order valence-corrected chi connectivity index (χ1v) is 6.04. The molecule has 0 fully saturated rings. The van der Waals surface area contributed by atoms with Crippen LogP contribution in [0, 0.1) is 0 Å². The van der Waals surface area contributed by atoms with E-state index in [1.54, 1.807) is 0 Å². The first-order valence-electron chi connectivity index (χ1n) is 6.04. The van der Waals surface area contributed by atoms with Gasteiger partial charge in [-0.25, -0.2) is 0 Å². The second kappa shape index (κ2) is 4.53. The summed E-state index contributed by atoms with van der Waals surface area (Å²) in [4.78, 5) is 0. The molecule has 2 aromatic rings. The van der Waals surface area contributed by atoms with Crippen molar-refractivity contribution in [3.63, 3.8) is 0 Å². The van der Waals surface area contributed by atoms with Gasteiger partial charge in [0.15, 0.2) is 0 Å². The van der Waals surface area contributed by atoms with Crippen molar-refractivity contribution in [3.05, 3.63) is 76.9 Å². The van der Waals surface area contributed by atoms with Crippen molar-refractivity contribution in [2.24, 2.45) is 0 Å². The van der Waals surface area contributed by atoms with Gasteiger partial charge in [-0.15, -0.1) is 0 Å². The van der Waals surface area contributed by atoms with Crippen LogP contribution < -0.4 is 15.2 Å². The smallest absolute Gasteiger partial charge is 0.130 e. The van der Waals surface area contributed by atoms with Crippen LogP contribution in [0.4, 0.5) is 0 Å². The summed E-state index contributed by atoms with van der Waals surface area (Å²) >= 11 is 0. The van der Waals surface area contributed by atoms with Gasteiger partial charge in [-0.1, -0.05) is 55.1 Å². The fourth-order valence-corrected chi connectivity index (χ4v) is 2.16. The molecule has 1 aliphatic rings. The minimum atomic E-state index is 0.671. The molecule has 0 saturated carbocycles. The summed E-state index contributed by atoms with van der Waals surface area (Å²) < 4.78 is 5.80. The second-order valence-corrected chi connectivity index (χ2v) is 4.36. The van der Waals surface area contributed by atoms with Crippen molar-refractivity contribution in [2.75, 3.05) is 0 Å². The SMILES string of the molecule is C=C1/C=c2/cccc/c2=C/Cc2ccccc2O1. The fourth-order valence-electron chi connectivity index (χ4n) is 2.16. The molecular formula is C17H14O. The minimum absolute atomic E-state index is 0.671. The molecule has 3 rings (SSSR count). The van der Waals surface area contributed by atoms with Crippen molar-refractivity contribution in [2.45, 2.75) is 6.42 Å². The minimum Gasteiger partial charge on any atom is -0.458 e. The number of rotatable bonds is 0. The number of para-hydroxylation sites is 1. The monoisotopic (exact) mass is 234 g/mol. The topological polar surface area (TPSA) is 9.23 Å². The van der Waals surface area contributed by atoms with E-state index in [9.17, 15) is 0 Å². The maximum Gasteiger partial charge on any atom is 0.130 e. The Morgan fingerprint density at radius 2 is 1.61 bits per heavy atom. The van der Waals surface area contributed by atoms with E-state index >= 15 is 0 Å². The molecule has 0 spiro atoms. The van der Waals surface area contributed by atoms with Gasteiger partial charge >= 0.3 is 0 Å². The van der Waals surface area contributed by atoms with Crippen LogP contribution in [0.5, 0.6) is 5.75 Å². The summed E-state index contributed by atoms with van der Waals surface area (Å²) in [6.45, 7) is 3.96. The molecule has 1 nitrogen and oxygen atoms in total. The molecule has 2 aromatic carbocycles. The lowest BCUT2D eigenvalue weighted by Crippen LogP contribution is -2.24. The maximum atomic E-state index is 5.80. The highest BCUT2D eigenvalue weighted by Gasteiger charge is 2.04. The predicted octanol–water partition coefficient (Wildman–Crippen LogP) is 2.40. The Kier molecular flexibility index (Phi) is 2.73. The van der Waals surface area contributed by atoms with Crippen molar-refractivity contribution in [3.8, 4) is 5.75 Å². The van der Waals surface area contributed by atoms with Crippen LogP contribution in [0.3, 0.4) is 0 Å². The molecule has 0 amide bonds. The molecular weight excluding hydrogens is 220 g/mol. The van der Waals surface area contributed by atoms with Crippen molar-refractivity contribution < 1.29 is 4.74 Å². The second-order valence-electron chi connectivity index (χ2n) is 4.36. The van der Waals surface area contributed by atoms with Crippen LogP contribution in [0.2, 0.25) is 0 Å². The average molecular weight is 234 g/mol. The molecule has 0 saturated heterocycles. The summed E-state index contributed by atoms with van der Waals surface area (Å²) in [6, 6.07) is 16.4. The van der Waals surface area contributed by atoms with Crippen molar-refractivity contribution >= 4 is 12.2 Å². The van der Waals surface area contributed by atoms with Gasteiger partial charge in [-0.3, -0.25) is 0 Å². The Morgan fingerprint density at radius 3 is 2.50 bits per heavy atom. The zero-order chi connectivity index (χ0) is 12.4. The summed E-state index contributed by atoms with van der Waals surface area (Å²) in [6.07, 6.45) is 5.08. The number of fused-ring (bicyclic) bond motifs is 2. The predicted molar refractivity (Wildman–Crippen MR) is 74.5 cm³/mol. The van der Waals surface area contributed by atoms with Crippen LogP contribution in [-0.2, 0) is 6.42 Å². The Balaban J connectivity index is 2.22. The largest absolute Gasteiger partial charge is 0.458 e. The van der Waals surface area contributed by atoms with E-state index < -0.39 is 0 Å². The van der Waals surface area contributed by atoms with Crippen LogP contribution in [0.15, 0.2) is 60.9 Å². The molecule has 0 aromatic heterocycles. The van der Waals surface area contributed by atoms with Gasteiger partial charge in [0.25, 0.3) is 0 Å². The van der Waals surface area contributed by atoms with E-state index in [1.807, 2.05) is 30.3 Å². The third-order valence-corrected chi connectivity index (χ3v) is 3.07. The summed E-state index contributed by atoms with van der Waals surface area (Å²) in [5.41, 5.74) is 1.18. The van der Waals surface area contributed by atoms with Crippen LogP contribution >= 0.6 is 0 Å². The van der Waals surface area contributed by atoms with E-state index in [4.69, 9.17) is 4.74 Å².